The van der Waals surface area contributed by atoms with Crippen molar-refractivity contribution in [2.24, 2.45) is 5.92 Å². The molecule has 0 spiro atoms. The molecule has 0 aromatic rings. The highest BCUT2D eigenvalue weighted by Gasteiger charge is 2.63. The van der Waals surface area contributed by atoms with E-state index in [1.54, 1.807) is 0 Å². The molecule has 0 saturated carbocycles. The summed E-state index contributed by atoms with van der Waals surface area (Å²) in [5.41, 5.74) is 1.87. The molecular formula is C24H32O7. The maximum atomic E-state index is 12.4. The van der Waals surface area contributed by atoms with E-state index in [0.717, 1.165) is 24.0 Å². The fourth-order valence-electron chi connectivity index (χ4n) is 4.68. The van der Waals surface area contributed by atoms with Crippen molar-refractivity contribution in [1.82, 2.24) is 0 Å². The topological polar surface area (TPSA) is 91.4 Å². The first-order chi connectivity index (χ1) is 14.5. The summed E-state index contributed by atoms with van der Waals surface area (Å²) in [5.74, 6) is -1.78. The third-order valence-corrected chi connectivity index (χ3v) is 6.19. The first-order valence-corrected chi connectivity index (χ1v) is 10.7. The second kappa shape index (κ2) is 8.99. The SMILES string of the molecule is C=C1C(=O)O[C@@H]2[C@H]1[C@@H](OC(C)=O)C/C(C)=C/[C@@H](OC(C)=O)C/C(C)=C/CC[C@]1(C)O[C@@H]21. The highest BCUT2D eigenvalue weighted by atomic mass is 16.6. The van der Waals surface area contributed by atoms with Crippen LogP contribution >= 0.6 is 0 Å². The largest absolute Gasteiger partial charge is 0.461 e. The van der Waals surface area contributed by atoms with Gasteiger partial charge in [-0.15, -0.1) is 0 Å². The van der Waals surface area contributed by atoms with Crippen LogP contribution in [0.3, 0.4) is 0 Å². The molecule has 0 N–H and O–H groups in total. The lowest BCUT2D eigenvalue weighted by atomic mass is 9.83. The standard InChI is InChI=1S/C24H32O7/c1-13-8-7-9-24(6)22(31-24)21-20(15(3)23(27)30-21)19(29-17(5)26)12-14(2)11-18(10-13)28-16(4)25/h8,11,18-22H,3,7,9-10,12H2,1-2,4-6H3/b13-8+,14-11+/t18-,19-,20+,21+,22-,24-/m0/s1. The molecule has 170 valence electrons. The molecule has 3 rings (SSSR count). The van der Waals surface area contributed by atoms with Crippen molar-refractivity contribution in [2.45, 2.75) is 90.3 Å². The summed E-state index contributed by atoms with van der Waals surface area (Å²) in [5, 5.41) is 0. The quantitative estimate of drug-likeness (QED) is 0.217. The predicted molar refractivity (Wildman–Crippen MR) is 113 cm³/mol. The zero-order valence-electron chi connectivity index (χ0n) is 18.9. The van der Waals surface area contributed by atoms with Gasteiger partial charge in [0.25, 0.3) is 0 Å². The van der Waals surface area contributed by atoms with Crippen molar-refractivity contribution in [1.29, 1.82) is 0 Å². The molecule has 7 heteroatoms. The average Bonchev–Trinajstić information content (AvgIpc) is 3.20. The van der Waals surface area contributed by atoms with E-state index < -0.39 is 41.8 Å². The van der Waals surface area contributed by atoms with Gasteiger partial charge in [-0.1, -0.05) is 23.8 Å². The van der Waals surface area contributed by atoms with E-state index in [4.69, 9.17) is 18.9 Å². The molecular weight excluding hydrogens is 400 g/mol. The van der Waals surface area contributed by atoms with E-state index in [1.165, 1.54) is 13.8 Å². The average molecular weight is 433 g/mol. The zero-order valence-corrected chi connectivity index (χ0v) is 18.9. The van der Waals surface area contributed by atoms with E-state index in [-0.39, 0.29) is 12.1 Å². The number of esters is 3. The molecule has 1 aliphatic carbocycles. The van der Waals surface area contributed by atoms with Crippen LogP contribution in [-0.2, 0) is 33.3 Å². The Hall–Kier alpha value is -2.41. The summed E-state index contributed by atoms with van der Waals surface area (Å²) in [6, 6.07) is 0. The van der Waals surface area contributed by atoms with E-state index >= 15 is 0 Å². The summed E-state index contributed by atoms with van der Waals surface area (Å²) in [6.07, 6.45) is 4.62. The summed E-state index contributed by atoms with van der Waals surface area (Å²) in [7, 11) is 0. The van der Waals surface area contributed by atoms with Gasteiger partial charge in [-0.25, -0.2) is 4.79 Å². The third kappa shape index (κ3) is 5.45. The lowest BCUT2D eigenvalue weighted by molar-refractivity contribution is -0.150. The first kappa shape index (κ1) is 23.3. The third-order valence-electron chi connectivity index (χ3n) is 6.19. The van der Waals surface area contributed by atoms with Gasteiger partial charge in [0.2, 0.25) is 0 Å². The Bertz CT molecular complexity index is 839. The van der Waals surface area contributed by atoms with Crippen molar-refractivity contribution in [3.63, 3.8) is 0 Å². The Kier molecular flexibility index (Phi) is 6.74. The molecule has 2 saturated heterocycles. The lowest BCUT2D eigenvalue weighted by Gasteiger charge is -2.27. The Morgan fingerprint density at radius 2 is 1.81 bits per heavy atom. The van der Waals surface area contributed by atoms with Gasteiger partial charge >= 0.3 is 17.9 Å². The molecule has 6 atom stereocenters. The van der Waals surface area contributed by atoms with Crippen molar-refractivity contribution >= 4 is 17.9 Å². The molecule has 7 nitrogen and oxygen atoms in total. The van der Waals surface area contributed by atoms with Crippen molar-refractivity contribution in [2.75, 3.05) is 0 Å². The number of hydrogen-bond donors (Lipinski definition) is 0. The van der Waals surface area contributed by atoms with Crippen molar-refractivity contribution < 1.29 is 33.3 Å². The normalized spacial score (nSPS) is 39.5. The molecule has 0 amide bonds. The minimum Gasteiger partial charge on any atom is -0.461 e. The van der Waals surface area contributed by atoms with Gasteiger partial charge in [0.15, 0.2) is 0 Å². The molecule has 0 aromatic carbocycles. The summed E-state index contributed by atoms with van der Waals surface area (Å²) < 4.78 is 22.8. The van der Waals surface area contributed by atoms with Crippen LogP contribution in [0.1, 0.15) is 60.3 Å². The number of allylic oxidation sites excluding steroid dienone is 1. The van der Waals surface area contributed by atoms with E-state index in [0.29, 0.717) is 18.4 Å². The second-order valence-electron chi connectivity index (χ2n) is 9.08. The molecule has 31 heavy (non-hydrogen) atoms. The van der Waals surface area contributed by atoms with Gasteiger partial charge in [-0.2, -0.15) is 0 Å². The number of ether oxygens (including phenoxy) is 4. The second-order valence-corrected chi connectivity index (χ2v) is 9.08. The number of rotatable bonds is 2. The minimum absolute atomic E-state index is 0.270. The van der Waals surface area contributed by atoms with Crippen molar-refractivity contribution in [3.05, 3.63) is 35.5 Å². The number of hydrogen-bond acceptors (Lipinski definition) is 7. The van der Waals surface area contributed by atoms with Gasteiger partial charge in [0.1, 0.15) is 24.4 Å². The van der Waals surface area contributed by atoms with Crippen LogP contribution in [-0.4, -0.2) is 47.9 Å². The van der Waals surface area contributed by atoms with Gasteiger partial charge in [0.05, 0.1) is 11.5 Å². The van der Waals surface area contributed by atoms with Crippen LogP contribution in [0.5, 0.6) is 0 Å². The lowest BCUT2D eigenvalue weighted by Crippen LogP contribution is -2.38. The fourth-order valence-corrected chi connectivity index (χ4v) is 4.68. The fraction of sp³-hybridized carbons (Fsp3) is 0.625. The Morgan fingerprint density at radius 1 is 1.13 bits per heavy atom. The molecule has 3 aliphatic rings. The van der Waals surface area contributed by atoms with E-state index in [2.05, 4.69) is 12.7 Å². The van der Waals surface area contributed by atoms with Gasteiger partial charge in [0, 0.05) is 32.3 Å². The smallest absolute Gasteiger partial charge is 0.334 e. The molecule has 2 heterocycles. The number of carbonyl (C=O) groups is 3. The van der Waals surface area contributed by atoms with E-state index in [9.17, 15) is 14.4 Å². The Balaban J connectivity index is 1.98. The molecule has 2 aliphatic heterocycles. The molecule has 0 bridgehead atoms. The van der Waals surface area contributed by atoms with Crippen LogP contribution < -0.4 is 0 Å². The maximum Gasteiger partial charge on any atom is 0.334 e. The van der Waals surface area contributed by atoms with Gasteiger partial charge < -0.3 is 18.9 Å². The number of carbonyl (C=O) groups excluding carboxylic acids is 3. The van der Waals surface area contributed by atoms with Crippen LogP contribution in [0.2, 0.25) is 0 Å². The predicted octanol–water partition coefficient (Wildman–Crippen LogP) is 3.57. The molecule has 2 fully saturated rings. The monoisotopic (exact) mass is 432 g/mol. The van der Waals surface area contributed by atoms with Crippen LogP contribution in [0.4, 0.5) is 0 Å². The van der Waals surface area contributed by atoms with Crippen LogP contribution in [0, 0.1) is 5.92 Å². The number of fused-ring (bicyclic) bond motifs is 3. The van der Waals surface area contributed by atoms with Crippen LogP contribution in [0.15, 0.2) is 35.5 Å². The first-order valence-electron chi connectivity index (χ1n) is 10.7. The van der Waals surface area contributed by atoms with Gasteiger partial charge in [-0.05, 0) is 39.7 Å². The van der Waals surface area contributed by atoms with E-state index in [1.807, 2.05) is 26.8 Å². The minimum atomic E-state index is -0.635. The zero-order chi connectivity index (χ0) is 22.9. The summed E-state index contributed by atoms with van der Waals surface area (Å²) in [4.78, 5) is 35.9. The van der Waals surface area contributed by atoms with Crippen molar-refractivity contribution in [3.8, 4) is 0 Å². The van der Waals surface area contributed by atoms with Gasteiger partial charge in [-0.3, -0.25) is 9.59 Å². The highest BCUT2D eigenvalue weighted by molar-refractivity contribution is 5.91. The summed E-state index contributed by atoms with van der Waals surface area (Å²) in [6.45, 7) is 12.6. The molecule has 0 unspecified atom stereocenters. The Labute approximate surface area is 183 Å². The molecule has 0 aromatic heterocycles. The van der Waals surface area contributed by atoms with Crippen LogP contribution in [0.25, 0.3) is 0 Å². The maximum absolute atomic E-state index is 12.4. The number of epoxide rings is 1. The Morgan fingerprint density at radius 3 is 2.45 bits per heavy atom. The molecule has 0 radical (unpaired) electrons. The highest BCUT2D eigenvalue weighted by Crippen LogP contribution is 2.49. The summed E-state index contributed by atoms with van der Waals surface area (Å²) >= 11 is 0.